The second kappa shape index (κ2) is 6.95. The highest BCUT2D eigenvalue weighted by Gasteiger charge is 2.47. The van der Waals surface area contributed by atoms with Crippen LogP contribution in [0, 0.1) is 11.8 Å². The summed E-state index contributed by atoms with van der Waals surface area (Å²) >= 11 is 0. The van der Waals surface area contributed by atoms with Gasteiger partial charge in [-0.25, -0.2) is 0 Å². The van der Waals surface area contributed by atoms with Crippen LogP contribution in [-0.4, -0.2) is 22.4 Å². The summed E-state index contributed by atoms with van der Waals surface area (Å²) in [6.07, 6.45) is 7.61. The number of aryl methyl sites for hydroxylation is 1. The van der Waals surface area contributed by atoms with Gasteiger partial charge >= 0.3 is 0 Å². The molecule has 1 aromatic carbocycles. The lowest BCUT2D eigenvalue weighted by Crippen LogP contribution is -2.47. The first-order valence-electron chi connectivity index (χ1n) is 9.62. The van der Waals surface area contributed by atoms with Crippen molar-refractivity contribution in [2.45, 2.75) is 77.2 Å². The molecule has 2 aliphatic rings. The fourth-order valence-corrected chi connectivity index (χ4v) is 4.78. The van der Waals surface area contributed by atoms with E-state index in [-0.39, 0.29) is 12.2 Å². The molecule has 1 aliphatic heterocycles. The van der Waals surface area contributed by atoms with Crippen LogP contribution in [0.4, 0.5) is 0 Å². The lowest BCUT2D eigenvalue weighted by Gasteiger charge is -2.49. The number of aliphatic hydroxyl groups excluding tert-OH is 1. The Balaban J connectivity index is 1.93. The normalized spacial score (nSPS) is 27.9. The van der Waals surface area contributed by atoms with Crippen LogP contribution >= 0.6 is 0 Å². The summed E-state index contributed by atoms with van der Waals surface area (Å²) < 4.78 is 6.36. The quantitative estimate of drug-likeness (QED) is 0.762. The average Bonchev–Trinajstić information content (AvgIpc) is 2.53. The van der Waals surface area contributed by atoms with Crippen LogP contribution in [-0.2, 0) is 6.42 Å². The summed E-state index contributed by atoms with van der Waals surface area (Å²) in [4.78, 5) is 0. The van der Waals surface area contributed by atoms with Gasteiger partial charge in [0.1, 0.15) is 17.1 Å². The molecule has 0 bridgehead atoms. The fraction of sp³-hybridized carbons (Fsp3) is 0.714. The van der Waals surface area contributed by atoms with Crippen LogP contribution in [0.5, 0.6) is 11.5 Å². The molecule has 0 radical (unpaired) electrons. The number of benzene rings is 1. The topological polar surface area (TPSA) is 49.7 Å². The first-order valence-corrected chi connectivity index (χ1v) is 9.62. The number of hydrogen-bond donors (Lipinski definition) is 2. The maximum absolute atomic E-state index is 10.7. The standard InChI is InChI=1S/C21H32O3/c1-4-5-6-7-14-11-18(23)20-16-10-15(13-22)8-9-17(16)21(2,3)24-19(20)12-14/h11-12,15-17,22-23H,4-10,13H2,1-3H3/t15-,16-,17-/m1/s1. The van der Waals surface area contributed by atoms with Gasteiger partial charge in [0, 0.05) is 18.1 Å². The Morgan fingerprint density at radius 3 is 2.71 bits per heavy atom. The van der Waals surface area contributed by atoms with E-state index >= 15 is 0 Å². The smallest absolute Gasteiger partial charge is 0.127 e. The molecule has 3 atom stereocenters. The highest BCUT2D eigenvalue weighted by Crippen LogP contribution is 2.55. The molecule has 0 unspecified atom stereocenters. The molecule has 3 nitrogen and oxygen atoms in total. The molecule has 2 N–H and O–H groups in total. The minimum Gasteiger partial charge on any atom is -0.508 e. The zero-order valence-corrected chi connectivity index (χ0v) is 15.3. The first kappa shape index (κ1) is 17.6. The zero-order chi connectivity index (χ0) is 17.3. The third-order valence-corrected chi connectivity index (χ3v) is 6.10. The van der Waals surface area contributed by atoms with Crippen LogP contribution in [0.1, 0.15) is 76.3 Å². The molecular formula is C21H32O3. The van der Waals surface area contributed by atoms with Crippen LogP contribution in [0.2, 0.25) is 0 Å². The third-order valence-electron chi connectivity index (χ3n) is 6.10. The van der Waals surface area contributed by atoms with E-state index in [0.717, 1.165) is 43.4 Å². The SMILES string of the molecule is CCCCCc1cc(O)c2c(c1)OC(C)(C)[C@@H]1CC[C@@H](CO)C[C@@H]21. The Kier molecular flexibility index (Phi) is 5.10. The molecule has 1 aromatic rings. The molecule has 1 heterocycles. The molecule has 134 valence electrons. The van der Waals surface area contributed by atoms with Crippen molar-refractivity contribution in [1.82, 2.24) is 0 Å². The number of phenolic OH excluding ortho intramolecular Hbond substituents is 1. The van der Waals surface area contributed by atoms with Gasteiger partial charge in [-0.15, -0.1) is 0 Å². The van der Waals surface area contributed by atoms with Gasteiger partial charge in [-0.3, -0.25) is 0 Å². The molecule has 0 saturated heterocycles. The Morgan fingerprint density at radius 2 is 2.00 bits per heavy atom. The van der Waals surface area contributed by atoms with Gasteiger partial charge in [0.05, 0.1) is 0 Å². The Hall–Kier alpha value is -1.22. The maximum atomic E-state index is 10.7. The minimum absolute atomic E-state index is 0.216. The van der Waals surface area contributed by atoms with Gasteiger partial charge in [0.2, 0.25) is 0 Å². The van der Waals surface area contributed by atoms with E-state index in [1.54, 1.807) is 0 Å². The van der Waals surface area contributed by atoms with Crippen molar-refractivity contribution in [1.29, 1.82) is 0 Å². The molecule has 0 amide bonds. The van der Waals surface area contributed by atoms with E-state index in [4.69, 9.17) is 4.74 Å². The number of unbranched alkanes of at least 4 members (excludes halogenated alkanes) is 2. The van der Waals surface area contributed by atoms with Crippen LogP contribution in [0.15, 0.2) is 12.1 Å². The summed E-state index contributed by atoms with van der Waals surface area (Å²) in [5.74, 6) is 2.30. The molecule has 1 saturated carbocycles. The van der Waals surface area contributed by atoms with Gasteiger partial charge < -0.3 is 14.9 Å². The number of hydrogen-bond acceptors (Lipinski definition) is 3. The van der Waals surface area contributed by atoms with Crippen LogP contribution in [0.25, 0.3) is 0 Å². The highest BCUT2D eigenvalue weighted by molar-refractivity contribution is 5.52. The zero-order valence-electron chi connectivity index (χ0n) is 15.3. The largest absolute Gasteiger partial charge is 0.508 e. The molecule has 24 heavy (non-hydrogen) atoms. The second-order valence-electron chi connectivity index (χ2n) is 8.26. The van der Waals surface area contributed by atoms with Gasteiger partial charge in [-0.05, 0) is 75.5 Å². The molecule has 3 rings (SSSR count). The lowest BCUT2D eigenvalue weighted by molar-refractivity contribution is -0.0210. The molecule has 3 heteroatoms. The van der Waals surface area contributed by atoms with Crippen LogP contribution in [0.3, 0.4) is 0 Å². The summed E-state index contributed by atoms with van der Waals surface area (Å²) in [6.45, 7) is 6.80. The van der Waals surface area contributed by atoms with E-state index < -0.39 is 0 Å². The van der Waals surface area contributed by atoms with Gasteiger partial charge in [-0.2, -0.15) is 0 Å². The minimum atomic E-state index is -0.216. The van der Waals surface area contributed by atoms with Crippen molar-refractivity contribution in [2.75, 3.05) is 6.61 Å². The van der Waals surface area contributed by atoms with Crippen molar-refractivity contribution in [3.8, 4) is 11.5 Å². The lowest BCUT2D eigenvalue weighted by atomic mass is 9.64. The highest BCUT2D eigenvalue weighted by atomic mass is 16.5. The van der Waals surface area contributed by atoms with E-state index in [1.807, 2.05) is 6.07 Å². The summed E-state index contributed by atoms with van der Waals surface area (Å²) in [7, 11) is 0. The molecular weight excluding hydrogens is 300 g/mol. The van der Waals surface area contributed by atoms with Crippen molar-refractivity contribution in [2.24, 2.45) is 11.8 Å². The van der Waals surface area contributed by atoms with E-state index in [9.17, 15) is 10.2 Å². The average molecular weight is 332 g/mol. The number of aliphatic hydroxyl groups is 1. The molecule has 0 aromatic heterocycles. The van der Waals surface area contributed by atoms with Gasteiger partial charge in [0.15, 0.2) is 0 Å². The molecule has 1 aliphatic carbocycles. The predicted molar refractivity (Wildman–Crippen MR) is 96.7 cm³/mol. The predicted octanol–water partition coefficient (Wildman–Crippen LogP) is 4.79. The van der Waals surface area contributed by atoms with E-state index in [2.05, 4.69) is 26.8 Å². The number of phenols is 1. The van der Waals surface area contributed by atoms with Gasteiger partial charge in [-0.1, -0.05) is 19.8 Å². The summed E-state index contributed by atoms with van der Waals surface area (Å²) in [5, 5.41) is 20.3. The molecule has 1 fully saturated rings. The Morgan fingerprint density at radius 1 is 1.21 bits per heavy atom. The first-order chi connectivity index (χ1) is 11.5. The number of rotatable bonds is 5. The Labute approximate surface area is 146 Å². The van der Waals surface area contributed by atoms with Crippen LogP contribution < -0.4 is 4.74 Å². The number of aromatic hydroxyl groups is 1. The van der Waals surface area contributed by atoms with E-state index in [1.165, 1.54) is 18.4 Å². The number of fused-ring (bicyclic) bond motifs is 3. The second-order valence-corrected chi connectivity index (χ2v) is 8.26. The van der Waals surface area contributed by atoms with Crippen molar-refractivity contribution in [3.63, 3.8) is 0 Å². The number of ether oxygens (including phenoxy) is 1. The maximum Gasteiger partial charge on any atom is 0.127 e. The van der Waals surface area contributed by atoms with E-state index in [0.29, 0.717) is 23.5 Å². The Bertz CT molecular complexity index is 579. The van der Waals surface area contributed by atoms with Gasteiger partial charge in [0.25, 0.3) is 0 Å². The summed E-state index contributed by atoms with van der Waals surface area (Å²) in [5.41, 5.74) is 1.94. The molecule has 0 spiro atoms. The van der Waals surface area contributed by atoms with Crippen molar-refractivity contribution < 1.29 is 14.9 Å². The summed E-state index contributed by atoms with van der Waals surface area (Å²) in [6, 6.07) is 4.08. The van der Waals surface area contributed by atoms with Crippen molar-refractivity contribution in [3.05, 3.63) is 23.3 Å². The monoisotopic (exact) mass is 332 g/mol. The van der Waals surface area contributed by atoms with Crippen molar-refractivity contribution >= 4 is 0 Å². The fourth-order valence-electron chi connectivity index (χ4n) is 4.78. The third kappa shape index (κ3) is 3.28.